The molecule has 0 radical (unpaired) electrons. The first-order valence-electron chi connectivity index (χ1n) is 10.2. The van der Waals surface area contributed by atoms with Crippen LogP contribution in [0.2, 0.25) is 0 Å². The van der Waals surface area contributed by atoms with Crippen LogP contribution in [0.5, 0.6) is 11.5 Å². The lowest BCUT2D eigenvalue weighted by molar-refractivity contribution is -0.152. The first-order chi connectivity index (χ1) is 16.5. The van der Waals surface area contributed by atoms with Gasteiger partial charge in [0.2, 0.25) is 10.0 Å². The lowest BCUT2D eigenvalue weighted by Gasteiger charge is -2.20. The monoisotopic (exact) mass is 511 g/mol. The van der Waals surface area contributed by atoms with Gasteiger partial charge in [0, 0.05) is 11.8 Å². The minimum Gasteiger partial charge on any atom is -0.486 e. The molecule has 3 amide bonds. The van der Waals surface area contributed by atoms with Gasteiger partial charge in [0.05, 0.1) is 11.0 Å². The second-order valence-corrected chi connectivity index (χ2v) is 8.98. The average molecular weight is 511 g/mol. The van der Waals surface area contributed by atoms with Gasteiger partial charge >= 0.3 is 12.0 Å². The van der Waals surface area contributed by atoms with E-state index < -0.39 is 52.5 Å². The molecule has 14 heteroatoms. The van der Waals surface area contributed by atoms with Crippen LogP contribution in [-0.2, 0) is 24.3 Å². The largest absolute Gasteiger partial charge is 0.486 e. The summed E-state index contributed by atoms with van der Waals surface area (Å²) in [4.78, 5) is 35.9. The van der Waals surface area contributed by atoms with Crippen LogP contribution in [0.3, 0.4) is 0 Å². The van der Waals surface area contributed by atoms with Crippen molar-refractivity contribution in [2.45, 2.75) is 24.0 Å². The number of anilines is 1. The molecule has 0 aromatic heterocycles. The molecule has 35 heavy (non-hydrogen) atoms. The van der Waals surface area contributed by atoms with E-state index in [9.17, 15) is 32.3 Å². The Morgan fingerprint density at radius 2 is 1.74 bits per heavy atom. The molecular weight excluding hydrogens is 489 g/mol. The summed E-state index contributed by atoms with van der Waals surface area (Å²) in [5.41, 5.74) is 0.306. The maximum absolute atomic E-state index is 13.0. The van der Waals surface area contributed by atoms with Gasteiger partial charge in [0.25, 0.3) is 5.91 Å². The number of nitrogens with one attached hydrogen (secondary N) is 3. The Balaban J connectivity index is 1.52. The van der Waals surface area contributed by atoms with E-state index in [1.165, 1.54) is 12.1 Å². The van der Waals surface area contributed by atoms with E-state index in [0.29, 0.717) is 30.4 Å². The summed E-state index contributed by atoms with van der Waals surface area (Å²) < 4.78 is 55.3. The first-order valence-corrected chi connectivity index (χ1v) is 11.7. The molecule has 2 aromatic rings. The van der Waals surface area contributed by atoms with Gasteiger partial charge in [-0.15, -0.1) is 0 Å². The predicted molar refractivity (Wildman–Crippen MR) is 118 cm³/mol. The van der Waals surface area contributed by atoms with Crippen molar-refractivity contribution in [1.29, 1.82) is 0 Å². The molecule has 4 N–H and O–H groups in total. The number of aliphatic hydroxyl groups excluding tert-OH is 1. The highest BCUT2D eigenvalue weighted by atomic mass is 32.2. The van der Waals surface area contributed by atoms with Gasteiger partial charge in [0.15, 0.2) is 18.1 Å². The fourth-order valence-corrected chi connectivity index (χ4v) is 4.12. The van der Waals surface area contributed by atoms with Crippen LogP contribution in [0.25, 0.3) is 0 Å². The number of ether oxygens (including phenoxy) is 3. The topological polar surface area (TPSA) is 169 Å². The molecule has 2 atom stereocenters. The number of rotatable bonds is 8. The van der Waals surface area contributed by atoms with Crippen molar-refractivity contribution in [3.8, 4) is 11.5 Å². The second kappa shape index (κ2) is 11.1. The molecule has 0 aliphatic carbocycles. The third-order valence-electron chi connectivity index (χ3n) is 4.54. The number of amides is 3. The minimum absolute atomic E-state index is 0.306. The number of aliphatic hydroxyl groups is 1. The summed E-state index contributed by atoms with van der Waals surface area (Å²) >= 11 is 0. The highest BCUT2D eigenvalue weighted by molar-refractivity contribution is 7.89. The molecule has 0 bridgehead atoms. The maximum Gasteiger partial charge on any atom is 0.327 e. The van der Waals surface area contributed by atoms with Gasteiger partial charge in [0.1, 0.15) is 25.1 Å². The van der Waals surface area contributed by atoms with Gasteiger partial charge < -0.3 is 24.6 Å². The summed E-state index contributed by atoms with van der Waals surface area (Å²) in [6, 6.07) is 5.66. The standard InChI is InChI=1S/C21H22FN3O9S/c1-12(26)19(25-35(30,31)15-5-2-13(22)3-6-15)20(28)34-11-18(27)24-21(29)23-14-4-7-16-17(10-14)33-9-8-32-16/h2-7,10,12,19,25-26H,8-9,11H2,1H3,(H2,23,24,27,29)/t12-,19+/m0/s1. The molecule has 0 fully saturated rings. The number of halogens is 1. The van der Waals surface area contributed by atoms with Crippen LogP contribution in [0.1, 0.15) is 6.92 Å². The smallest absolute Gasteiger partial charge is 0.327 e. The van der Waals surface area contributed by atoms with Crippen molar-refractivity contribution >= 4 is 33.6 Å². The number of carbonyl (C=O) groups excluding carboxylic acids is 3. The second-order valence-electron chi connectivity index (χ2n) is 7.26. The number of hydrogen-bond acceptors (Lipinski definition) is 9. The van der Waals surface area contributed by atoms with Crippen LogP contribution < -0.4 is 24.8 Å². The minimum atomic E-state index is -4.33. The van der Waals surface area contributed by atoms with Crippen molar-refractivity contribution in [2.75, 3.05) is 25.1 Å². The molecule has 0 unspecified atom stereocenters. The molecule has 0 spiro atoms. The molecule has 188 valence electrons. The van der Waals surface area contributed by atoms with Gasteiger partial charge in [-0.3, -0.25) is 14.9 Å². The highest BCUT2D eigenvalue weighted by Crippen LogP contribution is 2.32. The van der Waals surface area contributed by atoms with Gasteiger partial charge in [-0.05, 0) is 43.3 Å². The van der Waals surface area contributed by atoms with Gasteiger partial charge in [-0.25, -0.2) is 17.6 Å². The predicted octanol–water partition coefficient (Wildman–Crippen LogP) is 0.516. The fourth-order valence-electron chi connectivity index (χ4n) is 2.87. The lowest BCUT2D eigenvalue weighted by atomic mass is 10.2. The quantitative estimate of drug-likeness (QED) is 0.369. The Bertz CT molecular complexity index is 1200. The number of imide groups is 1. The van der Waals surface area contributed by atoms with Crippen LogP contribution >= 0.6 is 0 Å². The number of urea groups is 1. The molecule has 1 aliphatic rings. The van der Waals surface area contributed by atoms with Crippen LogP contribution in [0.4, 0.5) is 14.9 Å². The Morgan fingerprint density at radius 3 is 2.40 bits per heavy atom. The number of hydrogen-bond donors (Lipinski definition) is 4. The molecule has 2 aromatic carbocycles. The summed E-state index contributed by atoms with van der Waals surface area (Å²) in [6.07, 6.45) is -1.54. The Morgan fingerprint density at radius 1 is 1.09 bits per heavy atom. The molecule has 12 nitrogen and oxygen atoms in total. The molecule has 0 saturated carbocycles. The van der Waals surface area contributed by atoms with Crippen molar-refractivity contribution < 1.29 is 46.5 Å². The summed E-state index contributed by atoms with van der Waals surface area (Å²) in [7, 11) is -4.33. The van der Waals surface area contributed by atoms with Crippen molar-refractivity contribution in [2.24, 2.45) is 0 Å². The van der Waals surface area contributed by atoms with E-state index in [2.05, 4.69) is 5.32 Å². The first kappa shape index (κ1) is 25.9. The zero-order chi connectivity index (χ0) is 25.6. The highest BCUT2D eigenvalue weighted by Gasteiger charge is 2.31. The van der Waals surface area contributed by atoms with E-state index in [4.69, 9.17) is 14.2 Å². The Hall–Kier alpha value is -3.75. The van der Waals surface area contributed by atoms with Crippen molar-refractivity contribution in [3.63, 3.8) is 0 Å². The fraction of sp³-hybridized carbons (Fsp3) is 0.286. The molecular formula is C21H22FN3O9S. The molecule has 1 heterocycles. The van der Waals surface area contributed by atoms with Crippen molar-refractivity contribution in [3.05, 3.63) is 48.3 Å². The number of benzene rings is 2. The molecule has 3 rings (SSSR count). The van der Waals surface area contributed by atoms with Gasteiger partial charge in [-0.1, -0.05) is 0 Å². The third-order valence-corrected chi connectivity index (χ3v) is 6.00. The number of esters is 1. The van der Waals surface area contributed by atoms with E-state index in [1.807, 2.05) is 10.0 Å². The molecule has 1 aliphatic heterocycles. The molecule has 0 saturated heterocycles. The van der Waals surface area contributed by atoms with E-state index in [1.54, 1.807) is 6.07 Å². The zero-order valence-corrected chi connectivity index (χ0v) is 19.1. The number of sulfonamides is 1. The lowest BCUT2D eigenvalue weighted by Crippen LogP contribution is -2.49. The van der Waals surface area contributed by atoms with Crippen LogP contribution in [0, 0.1) is 5.82 Å². The summed E-state index contributed by atoms with van der Waals surface area (Å²) in [5, 5.41) is 14.2. The zero-order valence-electron chi connectivity index (χ0n) is 18.3. The summed E-state index contributed by atoms with van der Waals surface area (Å²) in [5.74, 6) is -2.03. The van der Waals surface area contributed by atoms with E-state index >= 15 is 0 Å². The normalized spacial score (nSPS) is 14.4. The van der Waals surface area contributed by atoms with Gasteiger partial charge in [-0.2, -0.15) is 4.72 Å². The Kier molecular flexibility index (Phi) is 8.22. The maximum atomic E-state index is 13.0. The Labute approximate surface area is 199 Å². The third kappa shape index (κ3) is 7.11. The SMILES string of the molecule is C[C@H](O)[C@@H](NS(=O)(=O)c1ccc(F)cc1)C(=O)OCC(=O)NC(=O)Nc1ccc2c(c1)OCCO2. The average Bonchev–Trinajstić information content (AvgIpc) is 2.81. The van der Waals surface area contributed by atoms with Crippen molar-refractivity contribution in [1.82, 2.24) is 10.0 Å². The number of fused-ring (bicyclic) bond motifs is 1. The van der Waals surface area contributed by atoms with E-state index in [0.717, 1.165) is 31.2 Å². The van der Waals surface area contributed by atoms with Crippen LogP contribution in [0.15, 0.2) is 47.4 Å². The van der Waals surface area contributed by atoms with E-state index in [-0.39, 0.29) is 4.90 Å². The van der Waals surface area contributed by atoms with Crippen LogP contribution in [-0.4, -0.2) is 63.4 Å². The summed E-state index contributed by atoms with van der Waals surface area (Å²) in [6.45, 7) is 0.936. The number of carbonyl (C=O) groups is 3.